The maximum absolute atomic E-state index is 12.5. The lowest BCUT2D eigenvalue weighted by Crippen LogP contribution is -2.34. The van der Waals surface area contributed by atoms with Crippen LogP contribution < -0.4 is 10.9 Å². The molecule has 1 heterocycles. The van der Waals surface area contributed by atoms with Crippen molar-refractivity contribution >= 4 is 22.8 Å². The Hall–Kier alpha value is -3.41. The van der Waals surface area contributed by atoms with E-state index >= 15 is 0 Å². The fourth-order valence-corrected chi connectivity index (χ4v) is 3.72. The molecule has 0 unspecified atom stereocenters. The van der Waals surface area contributed by atoms with Gasteiger partial charge in [0.1, 0.15) is 0 Å². The molecule has 0 saturated carbocycles. The molecule has 0 radical (unpaired) electrons. The van der Waals surface area contributed by atoms with Gasteiger partial charge in [-0.1, -0.05) is 42.5 Å². The molecular weight excluding hydrogens is 356 g/mol. The molecule has 6 heteroatoms. The van der Waals surface area contributed by atoms with E-state index in [9.17, 15) is 14.4 Å². The zero-order chi connectivity index (χ0) is 19.5. The van der Waals surface area contributed by atoms with E-state index in [1.807, 2.05) is 18.2 Å². The van der Waals surface area contributed by atoms with E-state index in [1.54, 1.807) is 24.3 Å². The van der Waals surface area contributed by atoms with E-state index in [4.69, 9.17) is 4.74 Å². The van der Waals surface area contributed by atoms with Crippen LogP contribution >= 0.6 is 0 Å². The van der Waals surface area contributed by atoms with Gasteiger partial charge in [-0.3, -0.25) is 9.59 Å². The molecule has 1 aromatic heterocycles. The van der Waals surface area contributed by atoms with Crippen LogP contribution in [0, 0.1) is 0 Å². The summed E-state index contributed by atoms with van der Waals surface area (Å²) in [7, 11) is 0. The third-order valence-electron chi connectivity index (χ3n) is 5.01. The molecule has 0 bridgehead atoms. The van der Waals surface area contributed by atoms with E-state index in [-0.39, 0.29) is 17.5 Å². The maximum Gasteiger partial charge on any atom is 0.339 e. The van der Waals surface area contributed by atoms with Crippen LogP contribution in [0.15, 0.2) is 59.4 Å². The van der Waals surface area contributed by atoms with Crippen molar-refractivity contribution in [2.45, 2.75) is 25.3 Å². The van der Waals surface area contributed by atoms with Crippen molar-refractivity contribution in [3.63, 3.8) is 0 Å². The van der Waals surface area contributed by atoms with E-state index < -0.39 is 18.1 Å². The highest BCUT2D eigenvalue weighted by molar-refractivity contribution is 6.03. The smallest absolute Gasteiger partial charge is 0.339 e. The van der Waals surface area contributed by atoms with Crippen LogP contribution in [0.3, 0.4) is 0 Å². The van der Waals surface area contributed by atoms with Gasteiger partial charge in [-0.05, 0) is 36.5 Å². The van der Waals surface area contributed by atoms with Crippen LogP contribution in [-0.2, 0) is 16.0 Å². The molecule has 1 amide bonds. The molecule has 0 saturated heterocycles. The van der Waals surface area contributed by atoms with Crippen LogP contribution in [0.25, 0.3) is 10.9 Å². The van der Waals surface area contributed by atoms with E-state index in [2.05, 4.69) is 16.4 Å². The number of H-pyrrole nitrogens is 1. The van der Waals surface area contributed by atoms with Crippen molar-refractivity contribution in [3.8, 4) is 0 Å². The molecule has 1 aliphatic rings. The first-order valence-electron chi connectivity index (χ1n) is 9.28. The van der Waals surface area contributed by atoms with Crippen LogP contribution in [0.4, 0.5) is 0 Å². The zero-order valence-electron chi connectivity index (χ0n) is 15.2. The lowest BCUT2D eigenvalue weighted by Gasteiger charge is -2.26. The van der Waals surface area contributed by atoms with Gasteiger partial charge >= 0.3 is 5.97 Å². The normalized spacial score (nSPS) is 15.6. The molecule has 0 spiro atoms. The first-order valence-corrected chi connectivity index (χ1v) is 9.28. The summed E-state index contributed by atoms with van der Waals surface area (Å²) >= 11 is 0. The van der Waals surface area contributed by atoms with Crippen molar-refractivity contribution < 1.29 is 14.3 Å². The molecule has 0 aliphatic heterocycles. The van der Waals surface area contributed by atoms with Crippen LogP contribution in [0.5, 0.6) is 0 Å². The van der Waals surface area contributed by atoms with Crippen molar-refractivity contribution in [2.24, 2.45) is 0 Å². The molecule has 142 valence electrons. The minimum absolute atomic E-state index is 0.0726. The summed E-state index contributed by atoms with van der Waals surface area (Å²) in [6.45, 7) is -0.390. The number of fused-ring (bicyclic) bond motifs is 2. The standard InChI is InChI=1S/C22H20N2O4/c25-20-12-17(16-9-3-4-10-19(16)23-20)22(27)28-13-21(26)24-18-11-5-7-14-6-1-2-8-15(14)18/h1-4,6,8-10,12,18H,5,7,11,13H2,(H,23,25)(H,24,26)/t18-/m0/s1. The Kier molecular flexibility index (Phi) is 4.93. The number of carbonyl (C=O) groups is 2. The minimum Gasteiger partial charge on any atom is -0.452 e. The van der Waals surface area contributed by atoms with Crippen LogP contribution in [-0.4, -0.2) is 23.5 Å². The Morgan fingerprint density at radius 1 is 1.11 bits per heavy atom. The predicted molar refractivity (Wildman–Crippen MR) is 105 cm³/mol. The topological polar surface area (TPSA) is 88.3 Å². The number of aryl methyl sites for hydroxylation is 1. The van der Waals surface area contributed by atoms with Gasteiger partial charge in [0.25, 0.3) is 5.91 Å². The van der Waals surface area contributed by atoms with Crippen molar-refractivity contribution in [3.05, 3.63) is 81.6 Å². The Balaban J connectivity index is 1.44. The van der Waals surface area contributed by atoms with Gasteiger partial charge in [-0.2, -0.15) is 0 Å². The van der Waals surface area contributed by atoms with Crippen molar-refractivity contribution in [1.29, 1.82) is 0 Å². The highest BCUT2D eigenvalue weighted by Crippen LogP contribution is 2.29. The number of hydrogen-bond donors (Lipinski definition) is 2. The lowest BCUT2D eigenvalue weighted by atomic mass is 9.88. The van der Waals surface area contributed by atoms with E-state index in [1.165, 1.54) is 11.6 Å². The third kappa shape index (κ3) is 3.67. The number of rotatable bonds is 4. The van der Waals surface area contributed by atoms with Gasteiger partial charge in [0.15, 0.2) is 6.61 Å². The zero-order valence-corrected chi connectivity index (χ0v) is 15.2. The molecule has 28 heavy (non-hydrogen) atoms. The first kappa shape index (κ1) is 18.0. The van der Waals surface area contributed by atoms with Crippen LogP contribution in [0.1, 0.15) is 40.4 Å². The Labute approximate surface area is 161 Å². The fraction of sp³-hybridized carbons (Fsp3) is 0.227. The van der Waals surface area contributed by atoms with Gasteiger partial charge < -0.3 is 15.0 Å². The molecule has 1 atom stereocenters. The van der Waals surface area contributed by atoms with Gasteiger partial charge in [0.2, 0.25) is 5.56 Å². The number of amides is 1. The van der Waals surface area contributed by atoms with Gasteiger partial charge in [0.05, 0.1) is 11.6 Å². The summed E-state index contributed by atoms with van der Waals surface area (Å²) in [4.78, 5) is 39.2. The quantitative estimate of drug-likeness (QED) is 0.686. The van der Waals surface area contributed by atoms with Crippen LogP contribution in [0.2, 0.25) is 0 Å². The second kappa shape index (κ2) is 7.68. The third-order valence-corrected chi connectivity index (χ3v) is 5.01. The number of aromatic amines is 1. The Bertz CT molecular complexity index is 1100. The second-order valence-corrected chi connectivity index (χ2v) is 6.88. The van der Waals surface area contributed by atoms with Gasteiger partial charge in [-0.25, -0.2) is 4.79 Å². The SMILES string of the molecule is O=C(COC(=O)c1cc(=O)[nH]c2ccccc12)N[C@H]1CCCc2ccccc21. The average molecular weight is 376 g/mol. The number of pyridine rings is 1. The summed E-state index contributed by atoms with van der Waals surface area (Å²) < 4.78 is 5.18. The summed E-state index contributed by atoms with van der Waals surface area (Å²) in [6, 6.07) is 16.1. The van der Waals surface area contributed by atoms with Crippen molar-refractivity contribution in [2.75, 3.05) is 6.61 Å². The van der Waals surface area contributed by atoms with Crippen molar-refractivity contribution in [1.82, 2.24) is 10.3 Å². The molecule has 2 aromatic carbocycles. The highest BCUT2D eigenvalue weighted by atomic mass is 16.5. The molecule has 0 fully saturated rings. The summed E-state index contributed by atoms with van der Waals surface area (Å²) in [5.74, 6) is -1.05. The summed E-state index contributed by atoms with van der Waals surface area (Å²) in [5.41, 5.74) is 2.66. The minimum atomic E-state index is -0.693. The molecule has 1 aliphatic carbocycles. The average Bonchev–Trinajstić information content (AvgIpc) is 2.71. The largest absolute Gasteiger partial charge is 0.452 e. The number of carbonyl (C=O) groups excluding carboxylic acids is 2. The first-order chi connectivity index (χ1) is 13.6. The number of benzene rings is 2. The summed E-state index contributed by atoms with van der Waals surface area (Å²) in [5, 5.41) is 3.52. The van der Waals surface area contributed by atoms with Gasteiger partial charge in [-0.15, -0.1) is 0 Å². The molecule has 2 N–H and O–H groups in total. The summed E-state index contributed by atoms with van der Waals surface area (Å²) in [6.07, 6.45) is 2.86. The van der Waals surface area contributed by atoms with Gasteiger partial charge in [0, 0.05) is 17.0 Å². The molecule has 3 aromatic rings. The fourth-order valence-electron chi connectivity index (χ4n) is 3.72. The number of para-hydroxylation sites is 1. The maximum atomic E-state index is 12.5. The Morgan fingerprint density at radius 2 is 1.89 bits per heavy atom. The molecular formula is C22H20N2O4. The van der Waals surface area contributed by atoms with E-state index in [0.717, 1.165) is 24.8 Å². The Morgan fingerprint density at radius 3 is 2.79 bits per heavy atom. The monoisotopic (exact) mass is 376 g/mol. The lowest BCUT2D eigenvalue weighted by molar-refractivity contribution is -0.125. The highest BCUT2D eigenvalue weighted by Gasteiger charge is 2.22. The molecule has 4 rings (SSSR count). The van der Waals surface area contributed by atoms with E-state index in [0.29, 0.717) is 10.9 Å². The molecule has 6 nitrogen and oxygen atoms in total. The predicted octanol–water partition coefficient (Wildman–Crippen LogP) is 2.88. The number of aromatic nitrogens is 1. The number of hydrogen-bond acceptors (Lipinski definition) is 4. The second-order valence-electron chi connectivity index (χ2n) is 6.88. The number of esters is 1. The number of ether oxygens (including phenoxy) is 1. The number of nitrogens with one attached hydrogen (secondary N) is 2.